The highest BCUT2D eigenvalue weighted by Gasteiger charge is 2.24. The van der Waals surface area contributed by atoms with E-state index in [4.69, 9.17) is 4.74 Å². The van der Waals surface area contributed by atoms with Crippen molar-refractivity contribution in [1.29, 1.82) is 0 Å². The number of nitrogens with zero attached hydrogens (tertiary/aromatic N) is 1. The molecule has 0 bridgehead atoms. The van der Waals surface area contributed by atoms with Crippen molar-refractivity contribution in [2.24, 2.45) is 5.92 Å². The number of anilines is 2. The number of hydrogen-bond donors (Lipinski definition) is 2. The number of carbonyl (C=O) groups is 1. The lowest BCUT2D eigenvalue weighted by molar-refractivity contribution is -0.384. The maximum absolute atomic E-state index is 11.3. The molecule has 0 saturated heterocycles. The number of fused-ring (bicyclic) bond motifs is 1. The Kier molecular flexibility index (Phi) is 3.64. The Morgan fingerprint density at radius 2 is 2.14 bits per heavy atom. The lowest BCUT2D eigenvalue weighted by Crippen LogP contribution is -2.25. The normalized spacial score (nSPS) is 17.8. The van der Waals surface area contributed by atoms with Gasteiger partial charge in [-0.25, -0.2) is 0 Å². The number of nitrogens with one attached hydrogen (secondary N) is 2. The highest BCUT2D eigenvalue weighted by molar-refractivity contribution is 5.96. The first-order valence-corrected chi connectivity index (χ1v) is 7.12. The Morgan fingerprint density at radius 1 is 1.38 bits per heavy atom. The van der Waals surface area contributed by atoms with Gasteiger partial charge in [-0.15, -0.1) is 0 Å². The summed E-state index contributed by atoms with van der Waals surface area (Å²) in [5.74, 6) is 0.650. The number of benzene rings is 1. The van der Waals surface area contributed by atoms with Gasteiger partial charge in [0.1, 0.15) is 5.69 Å². The van der Waals surface area contributed by atoms with Crippen molar-refractivity contribution in [3.63, 3.8) is 0 Å². The molecular weight excluding hydrogens is 274 g/mol. The van der Waals surface area contributed by atoms with Crippen molar-refractivity contribution in [3.8, 4) is 5.75 Å². The standard InChI is InChI=1S/C14H17N3O4/c18-14-8-21-13-6-12(17(19)20)10(5-11(13)16-14)15-7-9-3-1-2-4-9/h5-6,9,15H,1-4,7-8H2,(H,16,18). The first-order chi connectivity index (χ1) is 10.1. The van der Waals surface area contributed by atoms with Crippen LogP contribution in [0.4, 0.5) is 17.1 Å². The van der Waals surface area contributed by atoms with E-state index in [9.17, 15) is 14.9 Å². The fourth-order valence-electron chi connectivity index (χ4n) is 2.88. The van der Waals surface area contributed by atoms with Crippen LogP contribution in [-0.4, -0.2) is 24.0 Å². The SMILES string of the molecule is O=C1COc2cc([N+](=O)[O-])c(NCC3CCCC3)cc2N1. The summed E-state index contributed by atoms with van der Waals surface area (Å²) in [7, 11) is 0. The molecule has 0 unspecified atom stereocenters. The molecule has 1 fully saturated rings. The van der Waals surface area contributed by atoms with E-state index in [1.165, 1.54) is 18.9 Å². The first kappa shape index (κ1) is 13.7. The van der Waals surface area contributed by atoms with Gasteiger partial charge in [0.2, 0.25) is 0 Å². The van der Waals surface area contributed by atoms with Crippen LogP contribution in [0, 0.1) is 16.0 Å². The minimum atomic E-state index is -0.433. The summed E-state index contributed by atoms with van der Waals surface area (Å²) >= 11 is 0. The summed E-state index contributed by atoms with van der Waals surface area (Å²) in [5.41, 5.74) is 0.880. The lowest BCUT2D eigenvalue weighted by Gasteiger charge is -2.19. The molecule has 0 spiro atoms. The molecule has 1 aliphatic carbocycles. The molecule has 7 heteroatoms. The van der Waals surface area contributed by atoms with Crippen molar-refractivity contribution in [2.75, 3.05) is 23.8 Å². The molecule has 21 heavy (non-hydrogen) atoms. The topological polar surface area (TPSA) is 93.5 Å². The first-order valence-electron chi connectivity index (χ1n) is 7.12. The molecular formula is C14H17N3O4. The smallest absolute Gasteiger partial charge is 0.296 e. The van der Waals surface area contributed by atoms with Crippen LogP contribution < -0.4 is 15.4 Å². The summed E-state index contributed by atoms with van der Waals surface area (Å²) in [4.78, 5) is 22.1. The van der Waals surface area contributed by atoms with Crippen LogP contribution in [0.25, 0.3) is 0 Å². The number of ether oxygens (including phenoxy) is 1. The highest BCUT2D eigenvalue weighted by Crippen LogP contribution is 2.38. The summed E-state index contributed by atoms with van der Waals surface area (Å²) in [6.45, 7) is 0.605. The second-order valence-corrected chi connectivity index (χ2v) is 5.49. The average Bonchev–Trinajstić information content (AvgIpc) is 2.97. The molecule has 1 amide bonds. The maximum Gasteiger partial charge on any atom is 0.296 e. The van der Waals surface area contributed by atoms with Crippen LogP contribution in [0.1, 0.15) is 25.7 Å². The van der Waals surface area contributed by atoms with E-state index in [-0.39, 0.29) is 18.2 Å². The van der Waals surface area contributed by atoms with E-state index in [0.717, 1.165) is 12.8 Å². The van der Waals surface area contributed by atoms with E-state index in [1.54, 1.807) is 6.07 Å². The minimum absolute atomic E-state index is 0.0251. The van der Waals surface area contributed by atoms with Gasteiger partial charge in [-0.3, -0.25) is 14.9 Å². The van der Waals surface area contributed by atoms with Crippen molar-refractivity contribution >= 4 is 23.0 Å². The van der Waals surface area contributed by atoms with E-state index in [2.05, 4.69) is 10.6 Å². The second-order valence-electron chi connectivity index (χ2n) is 5.49. The van der Waals surface area contributed by atoms with Crippen molar-refractivity contribution in [3.05, 3.63) is 22.2 Å². The van der Waals surface area contributed by atoms with Crippen LogP contribution >= 0.6 is 0 Å². The largest absolute Gasteiger partial charge is 0.481 e. The maximum atomic E-state index is 11.3. The number of carbonyl (C=O) groups excluding carboxylic acids is 1. The molecule has 2 N–H and O–H groups in total. The Bertz CT molecular complexity index is 582. The van der Waals surface area contributed by atoms with E-state index in [0.29, 0.717) is 29.6 Å². The minimum Gasteiger partial charge on any atom is -0.481 e. The van der Waals surface area contributed by atoms with Crippen LogP contribution in [-0.2, 0) is 4.79 Å². The van der Waals surface area contributed by atoms with Gasteiger partial charge < -0.3 is 15.4 Å². The second kappa shape index (κ2) is 5.59. The zero-order valence-electron chi connectivity index (χ0n) is 11.6. The van der Waals surface area contributed by atoms with Gasteiger partial charge in [-0.2, -0.15) is 0 Å². The third-order valence-corrected chi connectivity index (χ3v) is 3.98. The Morgan fingerprint density at radius 3 is 2.86 bits per heavy atom. The zero-order chi connectivity index (χ0) is 14.8. The molecule has 2 aliphatic rings. The van der Waals surface area contributed by atoms with Gasteiger partial charge >= 0.3 is 0 Å². The molecule has 1 saturated carbocycles. The number of rotatable bonds is 4. The Labute approximate surface area is 121 Å². The third-order valence-electron chi connectivity index (χ3n) is 3.98. The van der Waals surface area contributed by atoms with Crippen molar-refractivity contribution < 1.29 is 14.5 Å². The predicted molar refractivity (Wildman–Crippen MR) is 77.7 cm³/mol. The van der Waals surface area contributed by atoms with Crippen molar-refractivity contribution in [1.82, 2.24) is 0 Å². The molecule has 3 rings (SSSR count). The quantitative estimate of drug-likeness (QED) is 0.656. The molecule has 0 atom stereocenters. The summed E-state index contributed by atoms with van der Waals surface area (Å²) in [5, 5.41) is 17.0. The molecule has 1 aliphatic heterocycles. The van der Waals surface area contributed by atoms with Crippen LogP contribution in [0.5, 0.6) is 5.75 Å². The van der Waals surface area contributed by atoms with Gasteiger partial charge in [0.25, 0.3) is 11.6 Å². The monoisotopic (exact) mass is 291 g/mol. The fourth-order valence-corrected chi connectivity index (χ4v) is 2.88. The van der Waals surface area contributed by atoms with E-state index in [1.807, 2.05) is 0 Å². The number of amides is 1. The summed E-state index contributed by atoms with van der Waals surface area (Å²) in [6.07, 6.45) is 4.77. The number of hydrogen-bond acceptors (Lipinski definition) is 5. The Hall–Kier alpha value is -2.31. The van der Waals surface area contributed by atoms with Crippen LogP contribution in [0.3, 0.4) is 0 Å². The summed E-state index contributed by atoms with van der Waals surface area (Å²) in [6, 6.07) is 2.95. The predicted octanol–water partition coefficient (Wildman–Crippen LogP) is 2.53. The van der Waals surface area contributed by atoms with Crippen LogP contribution in [0.15, 0.2) is 12.1 Å². The molecule has 1 heterocycles. The van der Waals surface area contributed by atoms with E-state index < -0.39 is 4.92 Å². The molecule has 0 radical (unpaired) electrons. The molecule has 112 valence electrons. The zero-order valence-corrected chi connectivity index (χ0v) is 11.6. The highest BCUT2D eigenvalue weighted by atomic mass is 16.6. The van der Waals surface area contributed by atoms with Gasteiger partial charge in [0.15, 0.2) is 12.4 Å². The number of nitro benzene ring substituents is 1. The number of nitro groups is 1. The molecule has 1 aromatic rings. The van der Waals surface area contributed by atoms with Crippen molar-refractivity contribution in [2.45, 2.75) is 25.7 Å². The van der Waals surface area contributed by atoms with Gasteiger partial charge in [-0.1, -0.05) is 12.8 Å². The van der Waals surface area contributed by atoms with Crippen LogP contribution in [0.2, 0.25) is 0 Å². The van der Waals surface area contributed by atoms with Gasteiger partial charge in [0, 0.05) is 6.54 Å². The third kappa shape index (κ3) is 2.91. The summed E-state index contributed by atoms with van der Waals surface area (Å²) < 4.78 is 5.22. The lowest BCUT2D eigenvalue weighted by atomic mass is 10.1. The van der Waals surface area contributed by atoms with Gasteiger partial charge in [-0.05, 0) is 24.8 Å². The van der Waals surface area contributed by atoms with Gasteiger partial charge in [0.05, 0.1) is 16.7 Å². The average molecular weight is 291 g/mol. The molecule has 1 aromatic carbocycles. The van der Waals surface area contributed by atoms with E-state index >= 15 is 0 Å². The molecule has 7 nitrogen and oxygen atoms in total. The fraction of sp³-hybridized carbons (Fsp3) is 0.500. The Balaban J connectivity index is 1.84. The molecule has 0 aromatic heterocycles.